The van der Waals surface area contributed by atoms with Crippen LogP contribution in [0.4, 0.5) is 4.79 Å². The number of methoxy groups -OCH3 is 1. The van der Waals surface area contributed by atoms with E-state index in [0.29, 0.717) is 0 Å². The molecule has 1 aliphatic rings. The molecule has 1 saturated heterocycles. The summed E-state index contributed by atoms with van der Waals surface area (Å²) in [6, 6.07) is 5.74. The summed E-state index contributed by atoms with van der Waals surface area (Å²) in [5.41, 5.74) is 3.73. The zero-order valence-corrected chi connectivity index (χ0v) is 15.4. The Bertz CT molecular complexity index is 918. The fourth-order valence-electron chi connectivity index (χ4n) is 2.80. The number of carbonyl (C=O) groups is 3. The molecule has 26 heavy (non-hydrogen) atoms. The lowest BCUT2D eigenvalue weighted by molar-refractivity contribution is -0.143. The molecule has 0 aromatic carbocycles. The number of nitrogens with zero attached hydrogens (tertiary/aromatic N) is 3. The van der Waals surface area contributed by atoms with E-state index in [2.05, 4.69) is 9.72 Å². The van der Waals surface area contributed by atoms with Crippen molar-refractivity contribution in [1.29, 1.82) is 0 Å². The molecular weight excluding hydrogens is 354 g/mol. The Morgan fingerprint density at radius 3 is 2.62 bits per heavy atom. The largest absolute Gasteiger partial charge is 0.468 e. The summed E-state index contributed by atoms with van der Waals surface area (Å²) in [5, 5.41) is -0.477. The van der Waals surface area contributed by atoms with Crippen molar-refractivity contribution in [2.75, 3.05) is 13.7 Å². The second-order valence-corrected chi connectivity index (χ2v) is 6.70. The quantitative estimate of drug-likeness (QED) is 0.607. The standard InChI is InChI=1S/C18H17N3O4S/c1-11-8-13(12(2)21(11)14-4-6-19-7-5-14)9-15-17(23)20(18(24)26-15)10-16(22)25-3/h4-9H,10H2,1-3H3/b15-9+. The van der Waals surface area contributed by atoms with E-state index in [1.54, 1.807) is 18.5 Å². The average molecular weight is 371 g/mol. The van der Waals surface area contributed by atoms with Crippen LogP contribution in [0.1, 0.15) is 17.0 Å². The van der Waals surface area contributed by atoms with E-state index >= 15 is 0 Å². The molecular formula is C18H17N3O4S. The van der Waals surface area contributed by atoms with Crippen LogP contribution in [0.15, 0.2) is 35.5 Å². The monoisotopic (exact) mass is 371 g/mol. The maximum atomic E-state index is 12.4. The smallest absolute Gasteiger partial charge is 0.325 e. The van der Waals surface area contributed by atoms with Crippen molar-refractivity contribution < 1.29 is 19.1 Å². The Morgan fingerprint density at radius 2 is 1.96 bits per heavy atom. The molecule has 0 bridgehead atoms. The van der Waals surface area contributed by atoms with Crippen LogP contribution in [0, 0.1) is 13.8 Å². The number of ether oxygens (including phenoxy) is 1. The number of carbonyl (C=O) groups excluding carboxylic acids is 3. The molecule has 2 aromatic heterocycles. The van der Waals surface area contributed by atoms with E-state index in [1.165, 1.54) is 7.11 Å². The lowest BCUT2D eigenvalue weighted by Crippen LogP contribution is -2.34. The summed E-state index contributed by atoms with van der Waals surface area (Å²) in [5.74, 6) is -1.12. The number of aryl methyl sites for hydroxylation is 1. The van der Waals surface area contributed by atoms with Crippen molar-refractivity contribution in [3.05, 3.63) is 52.4 Å². The van der Waals surface area contributed by atoms with Crippen LogP contribution in [0.2, 0.25) is 0 Å². The van der Waals surface area contributed by atoms with Crippen molar-refractivity contribution in [2.24, 2.45) is 0 Å². The number of hydrogen-bond acceptors (Lipinski definition) is 6. The van der Waals surface area contributed by atoms with Crippen LogP contribution in [-0.4, -0.2) is 45.2 Å². The van der Waals surface area contributed by atoms with Crippen molar-refractivity contribution in [2.45, 2.75) is 13.8 Å². The number of hydrogen-bond donors (Lipinski definition) is 0. The number of esters is 1. The van der Waals surface area contributed by atoms with Crippen molar-refractivity contribution >= 4 is 35.0 Å². The summed E-state index contributed by atoms with van der Waals surface area (Å²) < 4.78 is 6.58. The van der Waals surface area contributed by atoms with Gasteiger partial charge in [0.05, 0.1) is 12.0 Å². The van der Waals surface area contributed by atoms with Gasteiger partial charge in [0.2, 0.25) is 0 Å². The summed E-state index contributed by atoms with van der Waals surface area (Å²) in [7, 11) is 1.21. The minimum absolute atomic E-state index is 0.286. The second-order valence-electron chi connectivity index (χ2n) is 5.71. The molecule has 2 aromatic rings. The molecule has 0 saturated carbocycles. The molecule has 0 aliphatic carbocycles. The minimum Gasteiger partial charge on any atom is -0.468 e. The van der Waals surface area contributed by atoms with E-state index in [4.69, 9.17) is 0 Å². The van der Waals surface area contributed by atoms with Gasteiger partial charge in [0.25, 0.3) is 11.1 Å². The first-order valence-corrected chi connectivity index (χ1v) is 8.65. The van der Waals surface area contributed by atoms with Crippen LogP contribution < -0.4 is 0 Å². The van der Waals surface area contributed by atoms with Gasteiger partial charge < -0.3 is 9.30 Å². The Balaban J connectivity index is 1.93. The lowest BCUT2D eigenvalue weighted by Gasteiger charge is -2.10. The molecule has 7 nitrogen and oxygen atoms in total. The minimum atomic E-state index is -0.635. The molecule has 1 aliphatic heterocycles. The molecule has 3 heterocycles. The average Bonchev–Trinajstić information content (AvgIpc) is 3.05. The van der Waals surface area contributed by atoms with Gasteiger partial charge in [0.1, 0.15) is 6.54 Å². The van der Waals surface area contributed by atoms with E-state index in [-0.39, 0.29) is 11.4 Å². The highest BCUT2D eigenvalue weighted by atomic mass is 32.2. The van der Waals surface area contributed by atoms with Gasteiger partial charge in [-0.05, 0) is 55.4 Å². The van der Waals surface area contributed by atoms with Gasteiger partial charge in [-0.2, -0.15) is 0 Å². The first-order valence-electron chi connectivity index (χ1n) is 7.84. The number of pyridine rings is 1. The van der Waals surface area contributed by atoms with Crippen molar-refractivity contribution in [1.82, 2.24) is 14.5 Å². The maximum Gasteiger partial charge on any atom is 0.325 e. The molecule has 0 unspecified atom stereocenters. The van der Waals surface area contributed by atoms with E-state index in [1.807, 2.05) is 36.6 Å². The molecule has 2 amide bonds. The Labute approximate surface area is 154 Å². The summed E-state index contributed by atoms with van der Waals surface area (Å²) in [6.07, 6.45) is 5.11. The molecule has 134 valence electrons. The Kier molecular flexibility index (Phi) is 4.94. The number of rotatable bonds is 4. The van der Waals surface area contributed by atoms with Crippen molar-refractivity contribution in [3.8, 4) is 5.69 Å². The summed E-state index contributed by atoms with van der Waals surface area (Å²) >= 11 is 0.820. The molecule has 3 rings (SSSR count). The first-order chi connectivity index (χ1) is 12.4. The molecule has 1 fully saturated rings. The zero-order chi connectivity index (χ0) is 18.8. The highest BCUT2D eigenvalue weighted by Gasteiger charge is 2.36. The van der Waals surface area contributed by atoms with Crippen LogP contribution in [0.25, 0.3) is 11.8 Å². The van der Waals surface area contributed by atoms with Gasteiger partial charge in [0, 0.05) is 29.5 Å². The number of imide groups is 1. The molecule has 0 atom stereocenters. The highest BCUT2D eigenvalue weighted by Crippen LogP contribution is 2.33. The highest BCUT2D eigenvalue weighted by molar-refractivity contribution is 8.18. The van der Waals surface area contributed by atoms with E-state index < -0.39 is 17.1 Å². The predicted molar refractivity (Wildman–Crippen MR) is 97.7 cm³/mol. The zero-order valence-electron chi connectivity index (χ0n) is 14.6. The van der Waals surface area contributed by atoms with Crippen LogP contribution in [0.3, 0.4) is 0 Å². The molecule has 8 heteroatoms. The third kappa shape index (κ3) is 3.28. The van der Waals surface area contributed by atoms with E-state index in [9.17, 15) is 14.4 Å². The molecule has 0 spiro atoms. The normalized spacial score (nSPS) is 15.8. The third-order valence-electron chi connectivity index (χ3n) is 4.07. The number of thioether (sulfide) groups is 1. The summed E-state index contributed by atoms with van der Waals surface area (Å²) in [6.45, 7) is 3.53. The van der Waals surface area contributed by atoms with Gasteiger partial charge in [0.15, 0.2) is 0 Å². The summed E-state index contributed by atoms with van der Waals surface area (Å²) in [4.78, 5) is 41.0. The number of amides is 2. The predicted octanol–water partition coefficient (Wildman–Crippen LogP) is 2.70. The SMILES string of the molecule is COC(=O)CN1C(=O)S/C(=C/c2cc(C)n(-c3ccncc3)c2C)C1=O. The second kappa shape index (κ2) is 7.17. The lowest BCUT2D eigenvalue weighted by atomic mass is 10.2. The third-order valence-corrected chi connectivity index (χ3v) is 4.97. The fraction of sp³-hybridized carbons (Fsp3) is 0.222. The van der Waals surface area contributed by atoms with Crippen LogP contribution in [-0.2, 0) is 14.3 Å². The van der Waals surface area contributed by atoms with Crippen LogP contribution >= 0.6 is 11.8 Å². The van der Waals surface area contributed by atoms with Gasteiger partial charge in [-0.3, -0.25) is 24.3 Å². The molecule has 0 radical (unpaired) electrons. The number of aromatic nitrogens is 2. The van der Waals surface area contributed by atoms with Gasteiger partial charge in [-0.25, -0.2) is 0 Å². The fourth-order valence-corrected chi connectivity index (χ4v) is 3.62. The maximum absolute atomic E-state index is 12.4. The van der Waals surface area contributed by atoms with Gasteiger partial charge >= 0.3 is 5.97 Å². The Morgan fingerprint density at radius 1 is 1.27 bits per heavy atom. The molecule has 0 N–H and O–H groups in total. The first kappa shape index (κ1) is 17.9. The van der Waals surface area contributed by atoms with E-state index in [0.717, 1.165) is 39.3 Å². The van der Waals surface area contributed by atoms with Gasteiger partial charge in [-0.15, -0.1) is 0 Å². The van der Waals surface area contributed by atoms with Gasteiger partial charge in [-0.1, -0.05) is 0 Å². The van der Waals surface area contributed by atoms with Crippen LogP contribution in [0.5, 0.6) is 0 Å². The topological polar surface area (TPSA) is 81.5 Å². The van der Waals surface area contributed by atoms with Crippen molar-refractivity contribution in [3.63, 3.8) is 0 Å². The Hall–Kier alpha value is -2.87.